The molecule has 0 aliphatic carbocycles. The van der Waals surface area contributed by atoms with Gasteiger partial charge in [0.1, 0.15) is 0 Å². The predicted molar refractivity (Wildman–Crippen MR) is 140 cm³/mol. The third-order valence-electron chi connectivity index (χ3n) is 6.61. The summed E-state index contributed by atoms with van der Waals surface area (Å²) < 4.78 is 3.22. The van der Waals surface area contributed by atoms with Crippen LogP contribution >= 0.6 is 11.3 Å². The van der Waals surface area contributed by atoms with Crippen LogP contribution < -0.4 is 4.90 Å². The molecule has 1 aliphatic heterocycles. The Morgan fingerprint density at radius 1 is 0.800 bits per heavy atom. The van der Waals surface area contributed by atoms with Crippen molar-refractivity contribution in [3.05, 3.63) is 102 Å². The minimum Gasteiger partial charge on any atom is -0.345 e. The molecule has 0 amide bonds. The van der Waals surface area contributed by atoms with Crippen molar-refractivity contribution in [2.45, 2.75) is 19.0 Å². The van der Waals surface area contributed by atoms with Crippen molar-refractivity contribution in [1.82, 2.24) is 30.1 Å². The van der Waals surface area contributed by atoms with Gasteiger partial charge in [0.25, 0.3) is 0 Å². The first-order valence-electron chi connectivity index (χ1n) is 12.0. The molecule has 0 saturated carbocycles. The standard InChI is InChI=1S/C27H27N7S/c1-3-9-21(10-4-1)15-16-34-26(29-30-31-34)25(22-11-5-2-6-12-22)32-17-19-33(20-18-32)27-28-23-13-7-8-14-24(23)35-27/h1-14,25H,15-20H2/t25-/m1/s1. The molecule has 0 bridgehead atoms. The maximum atomic E-state index is 4.87. The number of rotatable bonds is 7. The molecule has 0 spiro atoms. The first-order chi connectivity index (χ1) is 17.3. The maximum Gasteiger partial charge on any atom is 0.186 e. The van der Waals surface area contributed by atoms with E-state index in [1.54, 1.807) is 11.3 Å². The number of aryl methyl sites for hydroxylation is 2. The van der Waals surface area contributed by atoms with Crippen LogP contribution in [0.15, 0.2) is 84.9 Å². The summed E-state index contributed by atoms with van der Waals surface area (Å²) in [6.07, 6.45) is 0.895. The van der Waals surface area contributed by atoms with Gasteiger partial charge in [0.2, 0.25) is 0 Å². The number of hydrogen-bond acceptors (Lipinski definition) is 7. The second kappa shape index (κ2) is 9.93. The average molecular weight is 482 g/mol. The highest BCUT2D eigenvalue weighted by atomic mass is 32.1. The van der Waals surface area contributed by atoms with E-state index in [1.807, 2.05) is 10.7 Å². The van der Waals surface area contributed by atoms with E-state index in [-0.39, 0.29) is 6.04 Å². The Kier molecular flexibility index (Phi) is 6.21. The first-order valence-corrected chi connectivity index (χ1v) is 12.9. The summed E-state index contributed by atoms with van der Waals surface area (Å²) in [7, 11) is 0. The van der Waals surface area contributed by atoms with Gasteiger partial charge in [-0.25, -0.2) is 9.67 Å². The second-order valence-electron chi connectivity index (χ2n) is 8.80. The van der Waals surface area contributed by atoms with Crippen LogP contribution in [0.5, 0.6) is 0 Å². The molecule has 176 valence electrons. The average Bonchev–Trinajstić information content (AvgIpc) is 3.57. The number of para-hydroxylation sites is 1. The molecule has 3 aromatic carbocycles. The van der Waals surface area contributed by atoms with Crippen LogP contribution in [0.4, 0.5) is 5.13 Å². The van der Waals surface area contributed by atoms with Crippen LogP contribution in [0.1, 0.15) is 23.0 Å². The van der Waals surface area contributed by atoms with E-state index in [0.717, 1.165) is 55.6 Å². The molecule has 3 heterocycles. The van der Waals surface area contributed by atoms with Gasteiger partial charge < -0.3 is 4.90 Å². The van der Waals surface area contributed by atoms with Crippen LogP contribution in [0, 0.1) is 0 Å². The minimum absolute atomic E-state index is 0.0134. The molecule has 1 fully saturated rings. The smallest absolute Gasteiger partial charge is 0.186 e. The van der Waals surface area contributed by atoms with Crippen LogP contribution in [-0.2, 0) is 13.0 Å². The van der Waals surface area contributed by atoms with Crippen molar-refractivity contribution < 1.29 is 0 Å². The lowest BCUT2D eigenvalue weighted by molar-refractivity contribution is 0.200. The zero-order valence-electron chi connectivity index (χ0n) is 19.4. The van der Waals surface area contributed by atoms with Gasteiger partial charge in [-0.05, 0) is 40.1 Å². The second-order valence-corrected chi connectivity index (χ2v) is 9.81. The van der Waals surface area contributed by atoms with Crippen molar-refractivity contribution in [2.24, 2.45) is 0 Å². The molecule has 0 N–H and O–H groups in total. The number of piperazine rings is 1. The highest BCUT2D eigenvalue weighted by Gasteiger charge is 2.31. The highest BCUT2D eigenvalue weighted by Crippen LogP contribution is 2.32. The number of anilines is 1. The van der Waals surface area contributed by atoms with Crippen molar-refractivity contribution in [1.29, 1.82) is 0 Å². The lowest BCUT2D eigenvalue weighted by Crippen LogP contribution is -2.48. The third-order valence-corrected chi connectivity index (χ3v) is 7.70. The van der Waals surface area contributed by atoms with E-state index in [1.165, 1.54) is 15.8 Å². The number of thiazole rings is 1. The van der Waals surface area contributed by atoms with Crippen LogP contribution in [0.2, 0.25) is 0 Å². The fourth-order valence-corrected chi connectivity index (χ4v) is 5.79. The summed E-state index contributed by atoms with van der Waals surface area (Å²) in [6.45, 7) is 4.44. The molecule has 6 rings (SSSR count). The van der Waals surface area contributed by atoms with Gasteiger partial charge in [0.15, 0.2) is 11.0 Å². The minimum atomic E-state index is 0.0134. The summed E-state index contributed by atoms with van der Waals surface area (Å²) in [5.74, 6) is 0.903. The number of hydrogen-bond donors (Lipinski definition) is 0. The predicted octanol–water partition coefficient (Wildman–Crippen LogP) is 4.44. The van der Waals surface area contributed by atoms with Crippen molar-refractivity contribution in [3.8, 4) is 0 Å². The molecule has 0 unspecified atom stereocenters. The Morgan fingerprint density at radius 2 is 1.51 bits per heavy atom. The number of benzene rings is 3. The van der Waals surface area contributed by atoms with E-state index in [0.29, 0.717) is 0 Å². The molecular weight excluding hydrogens is 454 g/mol. The molecule has 2 aromatic heterocycles. The van der Waals surface area contributed by atoms with Crippen LogP contribution in [0.3, 0.4) is 0 Å². The zero-order valence-corrected chi connectivity index (χ0v) is 20.3. The van der Waals surface area contributed by atoms with Crippen molar-refractivity contribution in [2.75, 3.05) is 31.1 Å². The molecule has 8 heteroatoms. The van der Waals surface area contributed by atoms with Crippen LogP contribution in [-0.4, -0.2) is 56.3 Å². The quantitative estimate of drug-likeness (QED) is 0.343. The third kappa shape index (κ3) is 4.67. The number of fused-ring (bicyclic) bond motifs is 1. The molecule has 1 atom stereocenters. The van der Waals surface area contributed by atoms with Gasteiger partial charge in [-0.3, -0.25) is 4.90 Å². The number of aromatic nitrogens is 5. The molecule has 0 radical (unpaired) electrons. The van der Waals surface area contributed by atoms with E-state index in [2.05, 4.69) is 104 Å². The fraction of sp³-hybridized carbons (Fsp3) is 0.259. The Morgan fingerprint density at radius 3 is 2.29 bits per heavy atom. The van der Waals surface area contributed by atoms with Gasteiger partial charge >= 0.3 is 0 Å². The zero-order chi connectivity index (χ0) is 23.5. The normalized spacial score (nSPS) is 15.5. The van der Waals surface area contributed by atoms with E-state index >= 15 is 0 Å². The summed E-state index contributed by atoms with van der Waals surface area (Å²) in [4.78, 5) is 9.78. The van der Waals surface area contributed by atoms with E-state index in [4.69, 9.17) is 4.98 Å². The molecule has 35 heavy (non-hydrogen) atoms. The Hall–Kier alpha value is -3.62. The van der Waals surface area contributed by atoms with Gasteiger partial charge in [0.05, 0.1) is 16.3 Å². The molecule has 1 aliphatic rings. The Bertz CT molecular complexity index is 1340. The largest absolute Gasteiger partial charge is 0.345 e. The molecule has 5 aromatic rings. The highest BCUT2D eigenvalue weighted by molar-refractivity contribution is 7.22. The van der Waals surface area contributed by atoms with E-state index < -0.39 is 0 Å². The lowest BCUT2D eigenvalue weighted by Gasteiger charge is -2.38. The Balaban J connectivity index is 1.23. The topological polar surface area (TPSA) is 63.0 Å². The van der Waals surface area contributed by atoms with Gasteiger partial charge in [-0.15, -0.1) is 5.10 Å². The summed E-state index contributed by atoms with van der Waals surface area (Å²) >= 11 is 1.77. The Labute approximate surface area is 208 Å². The first kappa shape index (κ1) is 21.9. The van der Waals surface area contributed by atoms with Crippen molar-refractivity contribution in [3.63, 3.8) is 0 Å². The van der Waals surface area contributed by atoms with Gasteiger partial charge in [-0.2, -0.15) is 0 Å². The van der Waals surface area contributed by atoms with Gasteiger partial charge in [-0.1, -0.05) is 84.1 Å². The molecular formula is C27H27N7S. The van der Waals surface area contributed by atoms with Crippen LogP contribution in [0.25, 0.3) is 10.2 Å². The molecule has 7 nitrogen and oxygen atoms in total. The fourth-order valence-electron chi connectivity index (χ4n) is 4.77. The molecule has 1 saturated heterocycles. The number of nitrogens with zero attached hydrogens (tertiary/aromatic N) is 7. The maximum absolute atomic E-state index is 4.87. The summed E-state index contributed by atoms with van der Waals surface area (Å²) in [5.41, 5.74) is 3.58. The van der Waals surface area contributed by atoms with E-state index in [9.17, 15) is 0 Å². The summed E-state index contributed by atoms with van der Waals surface area (Å²) in [5, 5.41) is 14.1. The summed E-state index contributed by atoms with van der Waals surface area (Å²) in [6, 6.07) is 29.5. The SMILES string of the molecule is c1ccc(CCn2nnnc2[C@@H](c2ccccc2)N2CCN(c3nc4ccccc4s3)CC2)cc1. The van der Waals surface area contributed by atoms with Gasteiger partial charge in [0, 0.05) is 32.7 Å². The van der Waals surface area contributed by atoms with Crippen molar-refractivity contribution >= 4 is 26.7 Å². The lowest BCUT2D eigenvalue weighted by atomic mass is 10.0. The monoisotopic (exact) mass is 481 g/mol. The number of tetrazole rings is 1.